The lowest BCUT2D eigenvalue weighted by Gasteiger charge is -2.33. The maximum atomic E-state index is 13.2. The lowest BCUT2D eigenvalue weighted by Crippen LogP contribution is -2.43. The van der Waals surface area contributed by atoms with E-state index in [1.54, 1.807) is 42.7 Å². The van der Waals surface area contributed by atoms with Crippen LogP contribution in [0.1, 0.15) is 50.7 Å². The van der Waals surface area contributed by atoms with Crippen molar-refractivity contribution in [3.05, 3.63) is 36.0 Å². The van der Waals surface area contributed by atoms with Crippen LogP contribution in [0.2, 0.25) is 0 Å². The minimum Gasteiger partial charge on any atom is -0.342 e. The number of rotatable bonds is 7. The second-order valence-corrected chi connectivity index (χ2v) is 10.7. The van der Waals surface area contributed by atoms with Crippen molar-refractivity contribution in [2.45, 2.75) is 50.8 Å². The molecule has 0 unspecified atom stereocenters. The van der Waals surface area contributed by atoms with Crippen LogP contribution < -0.4 is 4.90 Å². The Bertz CT molecular complexity index is 1140. The van der Waals surface area contributed by atoms with E-state index in [2.05, 4.69) is 10.1 Å². The van der Waals surface area contributed by atoms with Crippen LogP contribution >= 0.6 is 0 Å². The van der Waals surface area contributed by atoms with Crippen molar-refractivity contribution in [2.24, 2.45) is 5.92 Å². The van der Waals surface area contributed by atoms with Crippen LogP contribution in [0.3, 0.4) is 0 Å². The van der Waals surface area contributed by atoms with Crippen molar-refractivity contribution < 1.29 is 22.5 Å². The average Bonchev–Trinajstić information content (AvgIpc) is 3.45. The molecule has 4 rings (SSSR count). The molecule has 11 heteroatoms. The van der Waals surface area contributed by atoms with E-state index in [1.807, 2.05) is 0 Å². The predicted octanol–water partition coefficient (Wildman–Crippen LogP) is 2.17. The fourth-order valence-electron chi connectivity index (χ4n) is 4.76. The molecule has 3 heterocycles. The van der Waals surface area contributed by atoms with Gasteiger partial charge in [0.1, 0.15) is 0 Å². The first-order chi connectivity index (χ1) is 16.2. The third-order valence-electron chi connectivity index (χ3n) is 6.61. The van der Waals surface area contributed by atoms with E-state index < -0.39 is 15.9 Å². The largest absolute Gasteiger partial charge is 0.342 e. The van der Waals surface area contributed by atoms with Gasteiger partial charge in [0.05, 0.1) is 10.8 Å². The molecule has 2 atom stereocenters. The van der Waals surface area contributed by atoms with Gasteiger partial charge >= 0.3 is 0 Å². The summed E-state index contributed by atoms with van der Waals surface area (Å²) in [6.45, 7) is 7.55. The molecule has 2 aliphatic rings. The molecule has 0 saturated carbocycles. The van der Waals surface area contributed by atoms with E-state index in [4.69, 9.17) is 4.52 Å². The summed E-state index contributed by atoms with van der Waals surface area (Å²) in [5.74, 6) is 0.549. The molecule has 0 N–H and O–H groups in total. The molecule has 2 fully saturated rings. The Kier molecular flexibility index (Phi) is 7.04. The summed E-state index contributed by atoms with van der Waals surface area (Å²) >= 11 is 0. The highest BCUT2D eigenvalue weighted by atomic mass is 32.2. The summed E-state index contributed by atoms with van der Waals surface area (Å²) in [7, 11) is -3.57. The van der Waals surface area contributed by atoms with Crippen LogP contribution in [0.15, 0.2) is 33.7 Å². The molecule has 184 valence electrons. The van der Waals surface area contributed by atoms with Gasteiger partial charge in [-0.2, -0.15) is 9.29 Å². The highest BCUT2D eigenvalue weighted by Gasteiger charge is 2.39. The first-order valence-electron chi connectivity index (χ1n) is 11.7. The molecule has 34 heavy (non-hydrogen) atoms. The molecule has 2 aromatic rings. The number of nitrogens with zero attached hydrogens (tertiary/aromatic N) is 5. The van der Waals surface area contributed by atoms with Crippen LogP contribution in [0.25, 0.3) is 0 Å². The highest BCUT2D eigenvalue weighted by Crippen LogP contribution is 2.31. The normalized spacial score (nSPS) is 21.5. The average molecular weight is 490 g/mol. The summed E-state index contributed by atoms with van der Waals surface area (Å²) in [5.41, 5.74) is 0.595. The molecule has 2 aliphatic heterocycles. The van der Waals surface area contributed by atoms with E-state index in [9.17, 15) is 18.0 Å². The van der Waals surface area contributed by atoms with Gasteiger partial charge in [-0.05, 0) is 37.1 Å². The summed E-state index contributed by atoms with van der Waals surface area (Å²) in [6, 6.07) is 6.31. The standard InChI is InChI=1S/C23H31N5O5S/c1-4-27(5-2)34(31,32)20-10-8-19(9-11-20)28-15-18(13-21(28)29)23(30)26-12-6-7-17(14-26)22-24-16(3)33-25-22/h8-11,17-18H,4-7,12-15H2,1-3H3/t17-,18+/m1/s1. The number of aryl methyl sites for hydroxylation is 1. The van der Waals surface area contributed by atoms with E-state index >= 15 is 0 Å². The molecule has 0 spiro atoms. The lowest BCUT2D eigenvalue weighted by molar-refractivity contribution is -0.137. The van der Waals surface area contributed by atoms with Gasteiger partial charge in [0.25, 0.3) is 0 Å². The zero-order chi connectivity index (χ0) is 24.5. The van der Waals surface area contributed by atoms with E-state index in [0.717, 1.165) is 12.8 Å². The Morgan fingerprint density at radius 3 is 2.50 bits per heavy atom. The van der Waals surface area contributed by atoms with Crippen molar-refractivity contribution in [3.63, 3.8) is 0 Å². The molecule has 1 aromatic carbocycles. The third kappa shape index (κ3) is 4.72. The quantitative estimate of drug-likeness (QED) is 0.585. The van der Waals surface area contributed by atoms with E-state index in [1.165, 1.54) is 16.4 Å². The van der Waals surface area contributed by atoms with Gasteiger partial charge in [0.15, 0.2) is 5.82 Å². The number of sulfonamides is 1. The van der Waals surface area contributed by atoms with Crippen LogP contribution in [0.5, 0.6) is 0 Å². The Hall–Kier alpha value is -2.79. The summed E-state index contributed by atoms with van der Waals surface area (Å²) < 4.78 is 31.9. The van der Waals surface area contributed by atoms with Crippen LogP contribution in [-0.2, 0) is 19.6 Å². The van der Waals surface area contributed by atoms with E-state index in [0.29, 0.717) is 43.6 Å². The van der Waals surface area contributed by atoms with Gasteiger partial charge in [0, 0.05) is 57.7 Å². The third-order valence-corrected chi connectivity index (χ3v) is 8.67. The molecular formula is C23H31N5O5S. The number of anilines is 1. The fourth-order valence-corrected chi connectivity index (χ4v) is 6.22. The van der Waals surface area contributed by atoms with Crippen LogP contribution in [-0.4, -0.2) is 72.3 Å². The number of carbonyl (C=O) groups is 2. The number of benzene rings is 1. The number of likely N-dealkylation sites (tertiary alicyclic amines) is 1. The number of hydrogen-bond donors (Lipinski definition) is 0. The smallest absolute Gasteiger partial charge is 0.243 e. The highest BCUT2D eigenvalue weighted by molar-refractivity contribution is 7.89. The second-order valence-electron chi connectivity index (χ2n) is 8.78. The van der Waals surface area contributed by atoms with Crippen LogP contribution in [0, 0.1) is 12.8 Å². The zero-order valence-corrected chi connectivity index (χ0v) is 20.6. The SMILES string of the molecule is CCN(CC)S(=O)(=O)c1ccc(N2C[C@@H](C(=O)N3CCC[C@@H](c4noc(C)n4)C3)CC2=O)cc1. The van der Waals surface area contributed by atoms with Crippen LogP contribution in [0.4, 0.5) is 5.69 Å². The van der Waals surface area contributed by atoms with E-state index in [-0.39, 0.29) is 35.6 Å². The first kappa shape index (κ1) is 24.3. The minimum atomic E-state index is -3.57. The van der Waals surface area contributed by atoms with Crippen molar-refractivity contribution in [2.75, 3.05) is 37.6 Å². The molecular weight excluding hydrogens is 458 g/mol. The van der Waals surface area contributed by atoms with Gasteiger partial charge in [-0.3, -0.25) is 9.59 Å². The minimum absolute atomic E-state index is 0.0312. The molecule has 2 amide bonds. The summed E-state index contributed by atoms with van der Waals surface area (Å²) in [4.78, 5) is 33.8. The van der Waals surface area contributed by atoms with Crippen molar-refractivity contribution in [1.29, 1.82) is 0 Å². The fraction of sp³-hybridized carbons (Fsp3) is 0.565. The van der Waals surface area contributed by atoms with Gasteiger partial charge in [0.2, 0.25) is 27.7 Å². The van der Waals surface area contributed by atoms with Gasteiger partial charge < -0.3 is 14.3 Å². The first-order valence-corrected chi connectivity index (χ1v) is 13.2. The predicted molar refractivity (Wildman–Crippen MR) is 125 cm³/mol. The number of amides is 2. The molecule has 0 bridgehead atoms. The van der Waals surface area contributed by atoms with Crippen molar-refractivity contribution in [3.8, 4) is 0 Å². The summed E-state index contributed by atoms with van der Waals surface area (Å²) in [5, 5.41) is 4.01. The number of aromatic nitrogens is 2. The zero-order valence-electron chi connectivity index (χ0n) is 19.8. The maximum Gasteiger partial charge on any atom is 0.243 e. The van der Waals surface area contributed by atoms with Crippen molar-refractivity contribution >= 4 is 27.5 Å². The van der Waals surface area contributed by atoms with Gasteiger partial charge in [-0.15, -0.1) is 0 Å². The Morgan fingerprint density at radius 1 is 1.18 bits per heavy atom. The lowest BCUT2D eigenvalue weighted by atomic mass is 9.95. The molecule has 10 nitrogen and oxygen atoms in total. The van der Waals surface area contributed by atoms with Gasteiger partial charge in [-0.25, -0.2) is 8.42 Å². The Labute approximate surface area is 199 Å². The Morgan fingerprint density at radius 2 is 1.88 bits per heavy atom. The van der Waals surface area contributed by atoms with Gasteiger partial charge in [-0.1, -0.05) is 19.0 Å². The molecule has 0 radical (unpaired) electrons. The summed E-state index contributed by atoms with van der Waals surface area (Å²) in [6.07, 6.45) is 1.87. The molecule has 1 aromatic heterocycles. The van der Waals surface area contributed by atoms with Crippen molar-refractivity contribution in [1.82, 2.24) is 19.3 Å². The number of hydrogen-bond acceptors (Lipinski definition) is 7. The Balaban J connectivity index is 1.43. The number of carbonyl (C=O) groups excluding carboxylic acids is 2. The monoisotopic (exact) mass is 489 g/mol. The second kappa shape index (κ2) is 9.83. The topological polar surface area (TPSA) is 117 Å². The number of piperidine rings is 1. The maximum absolute atomic E-state index is 13.2. The molecule has 0 aliphatic carbocycles. The molecule has 2 saturated heterocycles.